The molecule has 1 aromatic heterocycles. The van der Waals surface area contributed by atoms with Gasteiger partial charge in [0.05, 0.1) is 12.8 Å². The Hall–Kier alpha value is -3.81. The normalized spacial score (nSPS) is 11.4. The van der Waals surface area contributed by atoms with E-state index >= 15 is 0 Å². The largest absolute Gasteiger partial charge is 0.495 e. The number of rotatable bonds is 8. The highest BCUT2D eigenvalue weighted by atomic mass is 16.6. The predicted molar refractivity (Wildman–Crippen MR) is 108 cm³/mol. The average molecular weight is 410 g/mol. The van der Waals surface area contributed by atoms with E-state index in [4.69, 9.17) is 18.7 Å². The average Bonchev–Trinajstić information content (AvgIpc) is 3.16. The fraction of sp³-hybridized carbons (Fsp3) is 0.227. The van der Waals surface area contributed by atoms with E-state index in [1.54, 1.807) is 55.5 Å². The summed E-state index contributed by atoms with van der Waals surface area (Å²) in [5.41, 5.74) is 1.94. The zero-order chi connectivity index (χ0) is 21.5. The zero-order valence-corrected chi connectivity index (χ0v) is 16.9. The first kappa shape index (κ1) is 20.9. The Labute approximate surface area is 173 Å². The molecule has 0 aliphatic rings. The monoisotopic (exact) mass is 410 g/mol. The minimum absolute atomic E-state index is 0.162. The van der Waals surface area contributed by atoms with E-state index in [-0.39, 0.29) is 5.88 Å². The number of anilines is 1. The maximum absolute atomic E-state index is 13.0. The van der Waals surface area contributed by atoms with Crippen LogP contribution in [0.3, 0.4) is 0 Å². The predicted octanol–water partition coefficient (Wildman–Crippen LogP) is 3.60. The molecule has 0 fully saturated rings. The third-order valence-corrected chi connectivity index (χ3v) is 4.15. The molecule has 3 rings (SSSR count). The lowest BCUT2D eigenvalue weighted by molar-refractivity contribution is -0.156. The number of esters is 1. The molecule has 1 N–H and O–H groups in total. The van der Waals surface area contributed by atoms with E-state index in [9.17, 15) is 9.59 Å². The maximum Gasteiger partial charge on any atom is 0.345 e. The van der Waals surface area contributed by atoms with Gasteiger partial charge in [-0.2, -0.15) is 0 Å². The minimum atomic E-state index is -1.17. The summed E-state index contributed by atoms with van der Waals surface area (Å²) in [5, 5.41) is 6.42. The summed E-state index contributed by atoms with van der Waals surface area (Å²) in [7, 11) is 1.51. The Morgan fingerprint density at radius 1 is 1.10 bits per heavy atom. The van der Waals surface area contributed by atoms with Gasteiger partial charge in [0, 0.05) is 11.6 Å². The highest BCUT2D eigenvalue weighted by Crippen LogP contribution is 2.27. The van der Waals surface area contributed by atoms with Crippen LogP contribution in [0.25, 0.3) is 0 Å². The van der Waals surface area contributed by atoms with Gasteiger partial charge in [-0.15, -0.1) is 0 Å². The van der Waals surface area contributed by atoms with Gasteiger partial charge in [0.15, 0.2) is 6.61 Å². The second-order valence-electron chi connectivity index (χ2n) is 6.54. The molecule has 0 radical (unpaired) electrons. The number of carbonyl (C=O) groups is 2. The molecule has 0 unspecified atom stereocenters. The Bertz CT molecular complexity index is 1020. The van der Waals surface area contributed by atoms with Crippen molar-refractivity contribution in [2.45, 2.75) is 20.0 Å². The van der Waals surface area contributed by atoms with E-state index < -0.39 is 24.6 Å². The molecule has 0 aliphatic carbocycles. The molecule has 156 valence electrons. The Kier molecular flexibility index (Phi) is 6.69. The number of nitrogens with one attached hydrogen (secondary N) is 1. The number of aromatic nitrogens is 1. The van der Waals surface area contributed by atoms with Gasteiger partial charge in [-0.3, -0.25) is 4.79 Å². The van der Waals surface area contributed by atoms with Crippen LogP contribution in [0.15, 0.2) is 59.1 Å². The zero-order valence-electron chi connectivity index (χ0n) is 16.9. The number of nitrogens with zero attached hydrogens (tertiary/aromatic N) is 1. The smallest absolute Gasteiger partial charge is 0.345 e. The summed E-state index contributed by atoms with van der Waals surface area (Å²) in [4.78, 5) is 25.3. The molecule has 0 saturated carbocycles. The maximum atomic E-state index is 13.0. The lowest BCUT2D eigenvalue weighted by Gasteiger charge is -2.19. The first-order valence-electron chi connectivity index (χ1n) is 9.22. The third-order valence-electron chi connectivity index (χ3n) is 4.15. The van der Waals surface area contributed by atoms with Crippen molar-refractivity contribution >= 4 is 17.6 Å². The van der Waals surface area contributed by atoms with Crippen LogP contribution < -0.4 is 14.8 Å². The number of hydrogen-bond donors (Lipinski definition) is 1. The number of benzene rings is 2. The van der Waals surface area contributed by atoms with E-state index in [1.165, 1.54) is 7.11 Å². The molecule has 0 aliphatic heterocycles. The van der Waals surface area contributed by atoms with Gasteiger partial charge in [-0.1, -0.05) is 36.4 Å². The van der Waals surface area contributed by atoms with Gasteiger partial charge in [-0.05, 0) is 36.7 Å². The van der Waals surface area contributed by atoms with Crippen LogP contribution in [0.5, 0.6) is 11.6 Å². The molecule has 1 amide bonds. The summed E-state index contributed by atoms with van der Waals surface area (Å²) < 4.78 is 20.9. The highest BCUT2D eigenvalue weighted by molar-refractivity contribution is 5.97. The van der Waals surface area contributed by atoms with Crippen molar-refractivity contribution in [1.82, 2.24) is 5.16 Å². The quantitative estimate of drug-likeness (QED) is 0.566. The van der Waals surface area contributed by atoms with Crippen LogP contribution >= 0.6 is 0 Å². The van der Waals surface area contributed by atoms with Crippen molar-refractivity contribution in [3.63, 3.8) is 0 Å². The van der Waals surface area contributed by atoms with E-state index in [2.05, 4.69) is 10.5 Å². The second-order valence-corrected chi connectivity index (χ2v) is 6.54. The van der Waals surface area contributed by atoms with Crippen LogP contribution in [0, 0.1) is 13.8 Å². The van der Waals surface area contributed by atoms with Crippen LogP contribution in [-0.2, 0) is 14.3 Å². The van der Waals surface area contributed by atoms with Crippen LogP contribution in [0.2, 0.25) is 0 Å². The van der Waals surface area contributed by atoms with Gasteiger partial charge >= 0.3 is 5.97 Å². The fourth-order valence-electron chi connectivity index (χ4n) is 2.73. The molecule has 8 nitrogen and oxygen atoms in total. The lowest BCUT2D eigenvalue weighted by Crippen LogP contribution is -2.28. The Morgan fingerprint density at radius 2 is 1.87 bits per heavy atom. The fourth-order valence-corrected chi connectivity index (χ4v) is 2.73. The SMILES string of the molecule is COc1ccc(C)cc1NC(=O)[C@@H](OC(=O)COc1cc(C)on1)c1ccccc1. The summed E-state index contributed by atoms with van der Waals surface area (Å²) in [6.07, 6.45) is -1.17. The number of ether oxygens (including phenoxy) is 3. The molecular weight excluding hydrogens is 388 g/mol. The first-order valence-corrected chi connectivity index (χ1v) is 9.22. The molecule has 8 heteroatoms. The molecule has 30 heavy (non-hydrogen) atoms. The first-order chi connectivity index (χ1) is 14.5. The standard InChI is InChI=1S/C22H22N2O6/c1-14-9-10-18(27-3)17(11-14)23-22(26)21(16-7-5-4-6-8-16)29-20(25)13-28-19-12-15(2)30-24-19/h4-12,21H,13H2,1-3H3,(H,23,26)/t21-/m0/s1. The topological polar surface area (TPSA) is 99.9 Å². The van der Waals surface area contributed by atoms with E-state index in [0.717, 1.165) is 5.56 Å². The van der Waals surface area contributed by atoms with Crippen molar-refractivity contribution in [1.29, 1.82) is 0 Å². The van der Waals surface area contributed by atoms with E-state index in [0.29, 0.717) is 22.8 Å². The summed E-state index contributed by atoms with van der Waals surface area (Å²) in [5.74, 6) is -0.0370. The molecule has 3 aromatic rings. The van der Waals surface area contributed by atoms with Crippen molar-refractivity contribution in [3.05, 3.63) is 71.5 Å². The summed E-state index contributed by atoms with van der Waals surface area (Å²) in [6, 6.07) is 15.7. The second kappa shape index (κ2) is 9.60. The van der Waals surface area contributed by atoms with Gasteiger partial charge < -0.3 is 24.1 Å². The van der Waals surface area contributed by atoms with Crippen molar-refractivity contribution in [2.24, 2.45) is 0 Å². The molecule has 0 saturated heterocycles. The Balaban J connectivity index is 1.74. The van der Waals surface area contributed by atoms with Gasteiger partial charge in [-0.25, -0.2) is 4.79 Å². The lowest BCUT2D eigenvalue weighted by atomic mass is 10.1. The number of carbonyl (C=O) groups excluding carboxylic acids is 2. The van der Waals surface area contributed by atoms with Crippen LogP contribution in [0.1, 0.15) is 23.0 Å². The molecule has 1 atom stereocenters. The number of amides is 1. The molecule has 0 bridgehead atoms. The molecule has 0 spiro atoms. The van der Waals surface area contributed by atoms with Gasteiger partial charge in [0.25, 0.3) is 11.8 Å². The molecular formula is C22H22N2O6. The van der Waals surface area contributed by atoms with Gasteiger partial charge in [0.2, 0.25) is 6.10 Å². The van der Waals surface area contributed by atoms with E-state index in [1.807, 2.05) is 13.0 Å². The highest BCUT2D eigenvalue weighted by Gasteiger charge is 2.26. The van der Waals surface area contributed by atoms with Crippen molar-refractivity contribution < 1.29 is 28.3 Å². The number of hydrogen-bond acceptors (Lipinski definition) is 7. The number of aryl methyl sites for hydroxylation is 2. The number of methoxy groups -OCH3 is 1. The van der Waals surface area contributed by atoms with Crippen LogP contribution in [0.4, 0.5) is 5.69 Å². The van der Waals surface area contributed by atoms with Crippen molar-refractivity contribution in [2.75, 3.05) is 19.0 Å². The minimum Gasteiger partial charge on any atom is -0.495 e. The van der Waals surface area contributed by atoms with Crippen molar-refractivity contribution in [3.8, 4) is 11.6 Å². The third kappa shape index (κ3) is 5.38. The molecule has 2 aromatic carbocycles. The van der Waals surface area contributed by atoms with Gasteiger partial charge in [0.1, 0.15) is 11.5 Å². The van der Waals surface area contributed by atoms with Crippen LogP contribution in [-0.4, -0.2) is 30.7 Å². The molecule has 1 heterocycles. The summed E-state index contributed by atoms with van der Waals surface area (Å²) in [6.45, 7) is 3.18. The summed E-state index contributed by atoms with van der Waals surface area (Å²) >= 11 is 0. The Morgan fingerprint density at radius 3 is 2.53 bits per heavy atom.